The Kier molecular flexibility index (Phi) is 3.65. The second-order valence-electron chi connectivity index (χ2n) is 2.64. The fourth-order valence-electron chi connectivity index (χ4n) is 0.674. The molecule has 0 spiro atoms. The molecule has 0 amide bonds. The quantitative estimate of drug-likeness (QED) is 0.540. The predicted octanol–water partition coefficient (Wildman–Crippen LogP) is 3.37. The Morgan fingerprint density at radius 2 is 1.47 bits per heavy atom. The van der Waals surface area contributed by atoms with E-state index >= 15 is 0 Å². The van der Waals surface area contributed by atoms with Gasteiger partial charge in [0, 0.05) is 0 Å². The van der Waals surface area contributed by atoms with Crippen LogP contribution in [0.1, 0.15) is 6.92 Å². The van der Waals surface area contributed by atoms with Crippen LogP contribution in [0.15, 0.2) is 12.8 Å². The number of rotatable bonds is 4. The number of alkyl halides is 7. The van der Waals surface area contributed by atoms with Gasteiger partial charge in [0.1, 0.15) is 0 Å². The molecule has 0 rings (SSSR count). The molecule has 0 N–H and O–H groups in total. The molecule has 0 aromatic heterocycles. The van der Waals surface area contributed by atoms with Gasteiger partial charge in [-0.15, -0.1) is 0 Å². The molecule has 0 heterocycles. The number of hydrogen-bond donors (Lipinski definition) is 0. The summed E-state index contributed by atoms with van der Waals surface area (Å²) in [5, 5.41) is 0. The maximum Gasteiger partial charge on any atom is 0.460 e. The number of ether oxygens (including phenoxy) is 1. The van der Waals surface area contributed by atoms with Gasteiger partial charge < -0.3 is 4.74 Å². The largest absolute Gasteiger partial charge is 0.492 e. The van der Waals surface area contributed by atoms with Gasteiger partial charge in [-0.05, 0) is 6.92 Å². The topological polar surface area (TPSA) is 9.23 Å². The van der Waals surface area contributed by atoms with Gasteiger partial charge in [-0.2, -0.15) is 30.7 Å². The van der Waals surface area contributed by atoms with Crippen LogP contribution in [-0.2, 0) is 4.74 Å². The lowest BCUT2D eigenvalue weighted by Crippen LogP contribution is -2.57. The van der Waals surface area contributed by atoms with Crippen molar-refractivity contribution in [3.8, 4) is 0 Å². The molecule has 0 saturated heterocycles. The molecule has 0 aromatic carbocycles. The SMILES string of the molecule is C=COC(C)C(F)(F)C(F)(F)C(F)(F)F. The van der Waals surface area contributed by atoms with E-state index in [-0.39, 0.29) is 0 Å². The van der Waals surface area contributed by atoms with E-state index in [4.69, 9.17) is 0 Å². The third-order valence-electron chi connectivity index (χ3n) is 1.59. The van der Waals surface area contributed by atoms with E-state index in [1.165, 1.54) is 0 Å². The fourth-order valence-corrected chi connectivity index (χ4v) is 0.674. The standard InChI is InChI=1S/C7H7F7O/c1-3-15-4(2)5(8,9)6(10,11)7(12,13)14/h3-4H,1H2,2H3. The summed E-state index contributed by atoms with van der Waals surface area (Å²) in [4.78, 5) is 0. The monoisotopic (exact) mass is 240 g/mol. The summed E-state index contributed by atoms with van der Waals surface area (Å²) in [6, 6.07) is 0. The van der Waals surface area contributed by atoms with Crippen molar-refractivity contribution in [1.82, 2.24) is 0 Å². The first kappa shape index (κ1) is 14.0. The molecule has 0 aliphatic carbocycles. The Morgan fingerprint density at radius 1 is 1.07 bits per heavy atom. The molecule has 1 atom stereocenters. The molecular formula is C7H7F7O. The van der Waals surface area contributed by atoms with Crippen LogP contribution in [0.4, 0.5) is 30.7 Å². The average Bonchev–Trinajstić information content (AvgIpc) is 2.02. The summed E-state index contributed by atoms with van der Waals surface area (Å²) in [6.07, 6.45) is -8.60. The van der Waals surface area contributed by atoms with Crippen molar-refractivity contribution in [2.45, 2.75) is 31.0 Å². The predicted molar refractivity (Wildman–Crippen MR) is 36.7 cm³/mol. The Balaban J connectivity index is 5.08. The molecule has 1 unspecified atom stereocenters. The van der Waals surface area contributed by atoms with Gasteiger partial charge >= 0.3 is 18.0 Å². The average molecular weight is 240 g/mol. The van der Waals surface area contributed by atoms with Crippen molar-refractivity contribution in [3.63, 3.8) is 0 Å². The van der Waals surface area contributed by atoms with E-state index in [1.807, 2.05) is 0 Å². The molecule has 0 aliphatic rings. The van der Waals surface area contributed by atoms with E-state index in [0.717, 1.165) is 0 Å². The van der Waals surface area contributed by atoms with Gasteiger partial charge in [0.2, 0.25) is 0 Å². The van der Waals surface area contributed by atoms with Gasteiger partial charge in [0.05, 0.1) is 6.26 Å². The van der Waals surface area contributed by atoms with Crippen LogP contribution in [0.5, 0.6) is 0 Å². The zero-order valence-electron chi connectivity index (χ0n) is 7.42. The normalized spacial score (nSPS) is 16.0. The van der Waals surface area contributed by atoms with Crippen LogP contribution in [0.3, 0.4) is 0 Å². The van der Waals surface area contributed by atoms with Crippen molar-refractivity contribution in [2.24, 2.45) is 0 Å². The summed E-state index contributed by atoms with van der Waals surface area (Å²) >= 11 is 0. The zero-order chi connectivity index (χ0) is 12.5. The molecule has 1 nitrogen and oxygen atoms in total. The van der Waals surface area contributed by atoms with Gasteiger partial charge in [-0.1, -0.05) is 6.58 Å². The van der Waals surface area contributed by atoms with Crippen LogP contribution >= 0.6 is 0 Å². The van der Waals surface area contributed by atoms with Gasteiger partial charge in [0.15, 0.2) is 6.10 Å². The minimum Gasteiger partial charge on any atom is -0.492 e. The van der Waals surface area contributed by atoms with Gasteiger partial charge in [0.25, 0.3) is 0 Å². The third-order valence-corrected chi connectivity index (χ3v) is 1.59. The van der Waals surface area contributed by atoms with Gasteiger partial charge in [-0.3, -0.25) is 0 Å². The first-order valence-corrected chi connectivity index (χ1v) is 3.57. The molecule has 0 aromatic rings. The van der Waals surface area contributed by atoms with Crippen LogP contribution < -0.4 is 0 Å². The molecular weight excluding hydrogens is 233 g/mol. The smallest absolute Gasteiger partial charge is 0.460 e. The van der Waals surface area contributed by atoms with Crippen molar-refractivity contribution < 1.29 is 35.5 Å². The molecule has 0 bridgehead atoms. The summed E-state index contributed by atoms with van der Waals surface area (Å²) < 4.78 is 88.5. The van der Waals surface area contributed by atoms with Crippen molar-refractivity contribution in [2.75, 3.05) is 0 Å². The summed E-state index contributed by atoms with van der Waals surface area (Å²) in [5.74, 6) is -11.5. The lowest BCUT2D eigenvalue weighted by atomic mass is 10.1. The lowest BCUT2D eigenvalue weighted by Gasteiger charge is -2.31. The minimum absolute atomic E-state index is 0.366. The zero-order valence-corrected chi connectivity index (χ0v) is 7.42. The lowest BCUT2D eigenvalue weighted by molar-refractivity contribution is -0.369. The Hall–Kier alpha value is -0.950. The van der Waals surface area contributed by atoms with E-state index in [2.05, 4.69) is 11.3 Å². The van der Waals surface area contributed by atoms with Gasteiger partial charge in [-0.25, -0.2) is 0 Å². The van der Waals surface area contributed by atoms with Crippen molar-refractivity contribution in [3.05, 3.63) is 12.8 Å². The molecule has 0 fully saturated rings. The van der Waals surface area contributed by atoms with Crippen molar-refractivity contribution >= 4 is 0 Å². The molecule has 8 heteroatoms. The second kappa shape index (κ2) is 3.90. The van der Waals surface area contributed by atoms with E-state index in [1.54, 1.807) is 0 Å². The Morgan fingerprint density at radius 3 is 1.73 bits per heavy atom. The second-order valence-corrected chi connectivity index (χ2v) is 2.64. The highest BCUT2D eigenvalue weighted by atomic mass is 19.4. The highest BCUT2D eigenvalue weighted by Gasteiger charge is 2.75. The molecule has 0 radical (unpaired) electrons. The third kappa shape index (κ3) is 2.35. The molecule has 0 saturated carbocycles. The molecule has 15 heavy (non-hydrogen) atoms. The summed E-state index contributed by atoms with van der Waals surface area (Å²) in [5.41, 5.74) is 0. The highest BCUT2D eigenvalue weighted by molar-refractivity contribution is 4.95. The number of hydrogen-bond acceptors (Lipinski definition) is 1. The fraction of sp³-hybridized carbons (Fsp3) is 0.714. The maximum absolute atomic E-state index is 12.6. The Bertz CT molecular complexity index is 232. The molecule has 0 aliphatic heterocycles. The van der Waals surface area contributed by atoms with Crippen LogP contribution in [0.2, 0.25) is 0 Å². The van der Waals surface area contributed by atoms with E-state index in [0.29, 0.717) is 13.2 Å². The molecule has 90 valence electrons. The van der Waals surface area contributed by atoms with Crippen molar-refractivity contribution in [1.29, 1.82) is 0 Å². The Labute approximate surface area is 80.5 Å². The summed E-state index contributed by atoms with van der Waals surface area (Å²) in [6.45, 7) is 3.17. The first-order chi connectivity index (χ1) is 6.48. The summed E-state index contributed by atoms with van der Waals surface area (Å²) in [7, 11) is 0. The van der Waals surface area contributed by atoms with Crippen LogP contribution in [-0.4, -0.2) is 24.1 Å². The number of halogens is 7. The minimum atomic E-state index is -6.34. The van der Waals surface area contributed by atoms with E-state index in [9.17, 15) is 30.7 Å². The van der Waals surface area contributed by atoms with E-state index < -0.39 is 24.1 Å². The van der Waals surface area contributed by atoms with Crippen LogP contribution in [0.25, 0.3) is 0 Å². The maximum atomic E-state index is 12.6. The highest BCUT2D eigenvalue weighted by Crippen LogP contribution is 2.48. The van der Waals surface area contributed by atoms with Crippen LogP contribution in [0, 0.1) is 0 Å². The first-order valence-electron chi connectivity index (χ1n) is 3.57.